The summed E-state index contributed by atoms with van der Waals surface area (Å²) in [6, 6.07) is 5.42. The van der Waals surface area contributed by atoms with Gasteiger partial charge in [-0.3, -0.25) is 4.90 Å². The smallest absolute Gasteiger partial charge is 0.410 e. The van der Waals surface area contributed by atoms with Gasteiger partial charge in [-0.25, -0.2) is 14.4 Å². The van der Waals surface area contributed by atoms with Crippen LogP contribution in [0, 0.1) is 0 Å². The SMILES string of the molecule is COC(=O)/C=C(/Nc1ccc2c(c1)CN(C(=O)OC(C)(C)C)C2)C(=O)OC. The molecule has 8 heteroatoms. The highest BCUT2D eigenvalue weighted by Gasteiger charge is 2.28. The van der Waals surface area contributed by atoms with Gasteiger partial charge in [-0.15, -0.1) is 0 Å². The molecule has 146 valence electrons. The molecule has 2 rings (SSSR count). The van der Waals surface area contributed by atoms with E-state index in [2.05, 4.69) is 14.8 Å². The number of nitrogens with one attached hydrogen (secondary N) is 1. The van der Waals surface area contributed by atoms with Crippen LogP contribution in [0.1, 0.15) is 31.9 Å². The monoisotopic (exact) mass is 376 g/mol. The van der Waals surface area contributed by atoms with E-state index in [4.69, 9.17) is 4.74 Å². The van der Waals surface area contributed by atoms with Crippen molar-refractivity contribution in [2.45, 2.75) is 39.5 Å². The van der Waals surface area contributed by atoms with Gasteiger partial charge >= 0.3 is 18.0 Å². The fraction of sp³-hybridized carbons (Fsp3) is 0.421. The van der Waals surface area contributed by atoms with E-state index in [9.17, 15) is 14.4 Å². The van der Waals surface area contributed by atoms with E-state index >= 15 is 0 Å². The summed E-state index contributed by atoms with van der Waals surface area (Å²) >= 11 is 0. The number of benzene rings is 1. The van der Waals surface area contributed by atoms with E-state index in [0.29, 0.717) is 18.8 Å². The molecule has 1 aliphatic heterocycles. The average Bonchev–Trinajstić information content (AvgIpc) is 3.02. The maximum atomic E-state index is 12.2. The maximum Gasteiger partial charge on any atom is 0.410 e. The third-order valence-electron chi connectivity index (χ3n) is 3.73. The lowest BCUT2D eigenvalue weighted by Gasteiger charge is -2.24. The first-order chi connectivity index (χ1) is 12.6. The van der Waals surface area contributed by atoms with Gasteiger partial charge in [0.05, 0.1) is 20.3 Å². The molecule has 0 aromatic heterocycles. The molecule has 0 atom stereocenters. The second-order valence-corrected chi connectivity index (χ2v) is 7.02. The Morgan fingerprint density at radius 3 is 2.33 bits per heavy atom. The van der Waals surface area contributed by atoms with Crippen molar-refractivity contribution >= 4 is 23.7 Å². The van der Waals surface area contributed by atoms with Crippen molar-refractivity contribution in [1.29, 1.82) is 0 Å². The van der Waals surface area contributed by atoms with Crippen LogP contribution in [0.5, 0.6) is 0 Å². The van der Waals surface area contributed by atoms with Gasteiger partial charge in [0.1, 0.15) is 11.3 Å². The van der Waals surface area contributed by atoms with Crippen LogP contribution in [0.15, 0.2) is 30.0 Å². The minimum Gasteiger partial charge on any atom is -0.466 e. The highest BCUT2D eigenvalue weighted by Crippen LogP contribution is 2.27. The zero-order valence-electron chi connectivity index (χ0n) is 16.1. The summed E-state index contributed by atoms with van der Waals surface area (Å²) < 4.78 is 14.6. The van der Waals surface area contributed by atoms with Crippen LogP contribution in [0.2, 0.25) is 0 Å². The van der Waals surface area contributed by atoms with E-state index in [1.54, 1.807) is 11.0 Å². The molecule has 1 aromatic rings. The molecule has 0 aliphatic carbocycles. The number of hydrogen-bond donors (Lipinski definition) is 1. The third kappa shape index (κ3) is 5.47. The van der Waals surface area contributed by atoms with Crippen LogP contribution < -0.4 is 5.32 Å². The number of amides is 1. The standard InChI is InChI=1S/C19H24N2O6/c1-19(2,3)27-18(24)21-10-12-6-7-14(8-13(12)11-21)20-15(17(23)26-5)9-16(22)25-4/h6-9,20H,10-11H2,1-5H3/b15-9+. The van der Waals surface area contributed by atoms with Gasteiger partial charge in [0.2, 0.25) is 0 Å². The summed E-state index contributed by atoms with van der Waals surface area (Å²) in [5, 5.41) is 2.86. The minimum atomic E-state index is -0.698. The van der Waals surface area contributed by atoms with Crippen LogP contribution in [0.25, 0.3) is 0 Å². The van der Waals surface area contributed by atoms with Crippen molar-refractivity contribution in [2.75, 3.05) is 19.5 Å². The molecule has 0 unspecified atom stereocenters. The quantitative estimate of drug-likeness (QED) is 0.490. The Bertz CT molecular complexity index is 779. The molecule has 1 amide bonds. The summed E-state index contributed by atoms with van der Waals surface area (Å²) in [5.41, 5.74) is 1.88. The molecule has 8 nitrogen and oxygen atoms in total. The van der Waals surface area contributed by atoms with Crippen molar-refractivity contribution in [3.8, 4) is 0 Å². The number of anilines is 1. The van der Waals surface area contributed by atoms with E-state index in [1.165, 1.54) is 14.2 Å². The number of rotatable bonds is 4. The van der Waals surface area contributed by atoms with Crippen molar-refractivity contribution in [2.24, 2.45) is 0 Å². The predicted octanol–water partition coefficient (Wildman–Crippen LogP) is 2.58. The molecule has 0 bridgehead atoms. The van der Waals surface area contributed by atoms with Crippen LogP contribution in [-0.2, 0) is 36.9 Å². The van der Waals surface area contributed by atoms with Gasteiger partial charge in [-0.1, -0.05) is 6.07 Å². The lowest BCUT2D eigenvalue weighted by Crippen LogP contribution is -2.33. The number of nitrogens with zero attached hydrogens (tertiary/aromatic N) is 1. The Morgan fingerprint density at radius 2 is 1.74 bits per heavy atom. The first kappa shape index (κ1) is 20.3. The van der Waals surface area contributed by atoms with Crippen LogP contribution in [-0.4, -0.2) is 42.8 Å². The van der Waals surface area contributed by atoms with Crippen molar-refractivity contribution in [3.05, 3.63) is 41.1 Å². The second-order valence-electron chi connectivity index (χ2n) is 7.02. The zero-order chi connectivity index (χ0) is 20.2. The Morgan fingerprint density at radius 1 is 1.07 bits per heavy atom. The molecule has 0 fully saturated rings. The van der Waals surface area contributed by atoms with Crippen LogP contribution in [0.3, 0.4) is 0 Å². The van der Waals surface area contributed by atoms with E-state index < -0.39 is 17.5 Å². The summed E-state index contributed by atoms with van der Waals surface area (Å²) in [5.74, 6) is -1.38. The number of carbonyl (C=O) groups is 3. The fourth-order valence-electron chi connectivity index (χ4n) is 2.52. The fourth-order valence-corrected chi connectivity index (χ4v) is 2.52. The van der Waals surface area contributed by atoms with Gasteiger partial charge in [0, 0.05) is 18.8 Å². The molecule has 1 N–H and O–H groups in total. The number of carbonyl (C=O) groups excluding carboxylic acids is 3. The van der Waals surface area contributed by atoms with Crippen molar-refractivity contribution in [1.82, 2.24) is 4.90 Å². The summed E-state index contributed by atoms with van der Waals surface area (Å²) in [6.07, 6.45) is 0.639. The Balaban J connectivity index is 2.15. The molecule has 1 heterocycles. The number of hydrogen-bond acceptors (Lipinski definition) is 7. The second kappa shape index (κ2) is 8.11. The molecular weight excluding hydrogens is 352 g/mol. The van der Waals surface area contributed by atoms with E-state index in [-0.39, 0.29) is 11.8 Å². The molecule has 1 aromatic carbocycles. The number of methoxy groups -OCH3 is 2. The topological polar surface area (TPSA) is 94.2 Å². The van der Waals surface area contributed by atoms with Crippen LogP contribution >= 0.6 is 0 Å². The number of esters is 2. The van der Waals surface area contributed by atoms with Gasteiger partial charge in [-0.2, -0.15) is 0 Å². The molecule has 27 heavy (non-hydrogen) atoms. The molecule has 0 saturated carbocycles. The molecular formula is C19H24N2O6. The lowest BCUT2D eigenvalue weighted by atomic mass is 10.1. The number of ether oxygens (including phenoxy) is 3. The van der Waals surface area contributed by atoms with Crippen molar-refractivity contribution < 1.29 is 28.6 Å². The summed E-state index contributed by atoms with van der Waals surface area (Å²) in [7, 11) is 2.44. The normalized spacial score (nSPS) is 13.7. The maximum absolute atomic E-state index is 12.2. The highest BCUT2D eigenvalue weighted by atomic mass is 16.6. The molecule has 0 saturated heterocycles. The Kier molecular flexibility index (Phi) is 6.09. The largest absolute Gasteiger partial charge is 0.466 e. The number of fused-ring (bicyclic) bond motifs is 1. The Hall–Kier alpha value is -3.03. The first-order valence-electron chi connectivity index (χ1n) is 8.37. The van der Waals surface area contributed by atoms with Gasteiger partial charge < -0.3 is 19.5 Å². The Labute approximate surface area is 158 Å². The average molecular weight is 376 g/mol. The van der Waals surface area contributed by atoms with E-state index in [1.807, 2.05) is 32.9 Å². The zero-order valence-corrected chi connectivity index (χ0v) is 16.1. The predicted molar refractivity (Wildman–Crippen MR) is 97.7 cm³/mol. The first-order valence-corrected chi connectivity index (χ1v) is 8.37. The van der Waals surface area contributed by atoms with Gasteiger partial charge in [0.25, 0.3) is 0 Å². The van der Waals surface area contributed by atoms with E-state index in [0.717, 1.165) is 17.2 Å². The lowest BCUT2D eigenvalue weighted by molar-refractivity contribution is -0.138. The summed E-state index contributed by atoms with van der Waals surface area (Å²) in [6.45, 7) is 6.30. The summed E-state index contributed by atoms with van der Waals surface area (Å²) in [4.78, 5) is 37.1. The van der Waals surface area contributed by atoms with Crippen molar-refractivity contribution in [3.63, 3.8) is 0 Å². The third-order valence-corrected chi connectivity index (χ3v) is 3.73. The highest BCUT2D eigenvalue weighted by molar-refractivity contribution is 5.98. The minimum absolute atomic E-state index is 0.0497. The van der Waals surface area contributed by atoms with Gasteiger partial charge in [0.15, 0.2) is 0 Å². The molecule has 0 radical (unpaired) electrons. The molecule has 1 aliphatic rings. The van der Waals surface area contributed by atoms with Crippen LogP contribution in [0.4, 0.5) is 10.5 Å². The van der Waals surface area contributed by atoms with Gasteiger partial charge in [-0.05, 0) is 44.0 Å². The molecule has 0 spiro atoms.